The van der Waals surface area contributed by atoms with Gasteiger partial charge >= 0.3 is 0 Å². The Morgan fingerprint density at radius 3 is 1.84 bits per heavy atom. The second kappa shape index (κ2) is 11.7. The maximum Gasteiger partial charge on any atom is 0.160 e. The molecule has 0 aliphatic heterocycles. The van der Waals surface area contributed by atoms with Crippen molar-refractivity contribution in [2.75, 3.05) is 0 Å². The minimum absolute atomic E-state index is 0.0549. The topological polar surface area (TPSA) is 25.8 Å². The molecule has 0 spiro atoms. The van der Waals surface area contributed by atoms with Crippen molar-refractivity contribution in [3.63, 3.8) is 0 Å². The minimum atomic E-state index is -0.114. The Labute approximate surface area is 325 Å². The Hall–Kier alpha value is -6.16. The first-order valence-electron chi connectivity index (χ1n) is 19.2. The number of hydrogen-bond donors (Lipinski definition) is 0. The minimum Gasteiger partial charge on any atom is -0.226 e. The normalized spacial score (nSPS) is 14.5. The summed E-state index contributed by atoms with van der Waals surface area (Å²) in [6, 6.07) is 57.8. The van der Waals surface area contributed by atoms with Crippen LogP contribution in [0.4, 0.5) is 0 Å². The molecule has 55 heavy (non-hydrogen) atoms. The molecule has 0 atom stereocenters. The fourth-order valence-electron chi connectivity index (χ4n) is 9.44. The van der Waals surface area contributed by atoms with Crippen molar-refractivity contribution in [2.24, 2.45) is 0 Å². The van der Waals surface area contributed by atoms with Crippen LogP contribution in [-0.4, -0.2) is 9.97 Å². The average Bonchev–Trinajstić information content (AvgIpc) is 3.80. The lowest BCUT2D eigenvalue weighted by Gasteiger charge is -2.24. The smallest absolute Gasteiger partial charge is 0.160 e. The van der Waals surface area contributed by atoms with Crippen molar-refractivity contribution in [3.05, 3.63) is 180 Å². The summed E-state index contributed by atoms with van der Waals surface area (Å²) < 4.78 is 2.34. The van der Waals surface area contributed by atoms with Gasteiger partial charge in [-0.15, -0.1) is 11.3 Å². The highest BCUT2D eigenvalue weighted by Crippen LogP contribution is 2.57. The molecule has 2 aromatic heterocycles. The molecule has 0 N–H and O–H groups in total. The first-order chi connectivity index (χ1) is 26.8. The Morgan fingerprint density at radius 1 is 0.418 bits per heavy atom. The van der Waals surface area contributed by atoms with Gasteiger partial charge in [0.05, 0.1) is 15.9 Å². The number of thiophene rings is 1. The lowest BCUT2D eigenvalue weighted by Crippen LogP contribution is -2.16. The van der Waals surface area contributed by atoms with E-state index in [0.29, 0.717) is 0 Å². The summed E-state index contributed by atoms with van der Waals surface area (Å²) in [7, 11) is 0. The number of benzene rings is 7. The molecule has 9 aromatic rings. The first-order valence-corrected chi connectivity index (χ1v) is 20.0. The van der Waals surface area contributed by atoms with Crippen molar-refractivity contribution < 1.29 is 0 Å². The van der Waals surface area contributed by atoms with Gasteiger partial charge in [0.2, 0.25) is 0 Å². The van der Waals surface area contributed by atoms with Crippen LogP contribution in [0.5, 0.6) is 0 Å². The second-order valence-electron chi connectivity index (χ2n) is 16.2. The van der Waals surface area contributed by atoms with Crippen molar-refractivity contribution in [3.8, 4) is 67.2 Å². The summed E-state index contributed by atoms with van der Waals surface area (Å²) >= 11 is 1.77. The van der Waals surface area contributed by atoms with Gasteiger partial charge in [-0.25, -0.2) is 9.97 Å². The van der Waals surface area contributed by atoms with Crippen LogP contribution in [-0.2, 0) is 10.8 Å². The summed E-state index contributed by atoms with van der Waals surface area (Å²) in [5.41, 5.74) is 19.9. The Morgan fingerprint density at radius 2 is 1.00 bits per heavy atom. The third-order valence-corrected chi connectivity index (χ3v) is 13.5. The zero-order valence-electron chi connectivity index (χ0n) is 31.3. The first kappa shape index (κ1) is 32.3. The highest BCUT2D eigenvalue weighted by atomic mass is 32.1. The third-order valence-electron chi connectivity index (χ3n) is 12.3. The predicted molar refractivity (Wildman–Crippen MR) is 232 cm³/mol. The van der Waals surface area contributed by atoms with Crippen molar-refractivity contribution in [1.82, 2.24) is 9.97 Å². The van der Waals surface area contributed by atoms with Gasteiger partial charge in [0.25, 0.3) is 0 Å². The van der Waals surface area contributed by atoms with Crippen molar-refractivity contribution >= 4 is 31.6 Å². The summed E-state index contributed by atoms with van der Waals surface area (Å²) in [4.78, 5) is 10.4. The Bertz CT molecular complexity index is 3040. The zero-order valence-corrected chi connectivity index (χ0v) is 32.1. The van der Waals surface area contributed by atoms with Crippen LogP contribution < -0.4 is 0 Å². The van der Waals surface area contributed by atoms with E-state index in [1.165, 1.54) is 76.8 Å². The van der Waals surface area contributed by atoms with Crippen molar-refractivity contribution in [2.45, 2.75) is 38.5 Å². The standard InChI is InChI=1S/C52H38N2S/c1-51(2)41-24-10-8-21-37(41)39-29-44-40(30-43(39)51)46-36(23-14-25-42(46)52(44,3)4)34-19-12-17-32(27-34)33-18-13-20-35(28-33)47-49-48(38-22-9-11-26-45(38)55-49)54-50(53-47)31-15-6-5-7-16-31/h5-30H,1-4H3. The molecule has 2 aliphatic rings. The third kappa shape index (κ3) is 4.73. The van der Waals surface area contributed by atoms with Crippen LogP contribution in [0.25, 0.3) is 87.5 Å². The second-order valence-corrected chi connectivity index (χ2v) is 17.2. The van der Waals surface area contributed by atoms with Gasteiger partial charge in [-0.2, -0.15) is 0 Å². The molecule has 0 fully saturated rings. The van der Waals surface area contributed by atoms with Gasteiger partial charge in [0.15, 0.2) is 5.82 Å². The lowest BCUT2D eigenvalue weighted by atomic mass is 9.79. The van der Waals surface area contributed by atoms with Crippen LogP contribution in [0.15, 0.2) is 158 Å². The molecule has 7 aromatic carbocycles. The molecule has 0 radical (unpaired) electrons. The van der Waals surface area contributed by atoms with E-state index in [9.17, 15) is 0 Å². The molecule has 3 heteroatoms. The lowest BCUT2D eigenvalue weighted by molar-refractivity contribution is 0.652. The average molecular weight is 723 g/mol. The van der Waals surface area contributed by atoms with Gasteiger partial charge in [-0.1, -0.05) is 155 Å². The monoisotopic (exact) mass is 722 g/mol. The number of hydrogen-bond acceptors (Lipinski definition) is 3. The van der Waals surface area contributed by atoms with E-state index in [-0.39, 0.29) is 10.8 Å². The quantitative estimate of drug-likeness (QED) is 0.181. The maximum absolute atomic E-state index is 5.26. The van der Waals surface area contributed by atoms with E-state index >= 15 is 0 Å². The molecule has 0 saturated heterocycles. The Kier molecular flexibility index (Phi) is 6.85. The van der Waals surface area contributed by atoms with Gasteiger partial charge in [-0.05, 0) is 97.1 Å². The predicted octanol–water partition coefficient (Wildman–Crippen LogP) is 14.1. The van der Waals surface area contributed by atoms with E-state index in [0.717, 1.165) is 32.9 Å². The van der Waals surface area contributed by atoms with Crippen LogP contribution in [0.3, 0.4) is 0 Å². The van der Waals surface area contributed by atoms with E-state index in [4.69, 9.17) is 9.97 Å². The number of rotatable bonds is 4. The molecule has 0 saturated carbocycles. The molecule has 262 valence electrons. The molecule has 0 amide bonds. The fraction of sp³-hybridized carbons (Fsp3) is 0.115. The molecule has 0 bridgehead atoms. The van der Waals surface area contributed by atoms with Crippen molar-refractivity contribution in [1.29, 1.82) is 0 Å². The summed E-state index contributed by atoms with van der Waals surface area (Å²) in [6.45, 7) is 9.55. The molecule has 2 heterocycles. The fourth-order valence-corrected chi connectivity index (χ4v) is 10.6. The highest BCUT2D eigenvalue weighted by Gasteiger charge is 2.42. The van der Waals surface area contributed by atoms with E-state index in [1.807, 2.05) is 6.07 Å². The van der Waals surface area contributed by atoms with Gasteiger partial charge in [-0.3, -0.25) is 0 Å². The SMILES string of the molecule is CC1(C)c2ccccc2-c2cc3c(cc21)-c1c(-c2cccc(-c4cccc(-c5nc(-c6ccccc6)nc6c5sc5ccccc56)c4)c2)cccc1C3(C)C. The van der Waals surface area contributed by atoms with Gasteiger partial charge in [0.1, 0.15) is 0 Å². The van der Waals surface area contributed by atoms with Gasteiger partial charge in [0, 0.05) is 32.0 Å². The molecule has 0 unspecified atom stereocenters. The van der Waals surface area contributed by atoms with E-state index in [1.54, 1.807) is 11.3 Å². The van der Waals surface area contributed by atoms with Crippen LogP contribution in [0.1, 0.15) is 49.9 Å². The number of nitrogens with zero attached hydrogens (tertiary/aromatic N) is 2. The van der Waals surface area contributed by atoms with Crippen LogP contribution in [0.2, 0.25) is 0 Å². The summed E-state index contributed by atoms with van der Waals surface area (Å²) in [5, 5.41) is 1.17. The van der Waals surface area contributed by atoms with Crippen LogP contribution >= 0.6 is 11.3 Å². The number of aromatic nitrogens is 2. The van der Waals surface area contributed by atoms with Gasteiger partial charge < -0.3 is 0 Å². The van der Waals surface area contributed by atoms with Crippen LogP contribution in [0, 0.1) is 0 Å². The zero-order chi connectivity index (χ0) is 37.1. The molecule has 2 aliphatic carbocycles. The summed E-state index contributed by atoms with van der Waals surface area (Å²) in [5.74, 6) is 0.748. The Balaban J connectivity index is 1.05. The summed E-state index contributed by atoms with van der Waals surface area (Å²) in [6.07, 6.45) is 0. The molecule has 2 nitrogen and oxygen atoms in total. The highest BCUT2D eigenvalue weighted by molar-refractivity contribution is 7.26. The number of fused-ring (bicyclic) bond motifs is 9. The molecular weight excluding hydrogens is 685 g/mol. The largest absolute Gasteiger partial charge is 0.226 e. The molecular formula is C52H38N2S. The molecule has 11 rings (SSSR count). The van der Waals surface area contributed by atoms with E-state index in [2.05, 4.69) is 179 Å². The van der Waals surface area contributed by atoms with E-state index < -0.39 is 0 Å². The maximum atomic E-state index is 5.26.